The minimum Gasteiger partial charge on any atom is -0.454 e. The summed E-state index contributed by atoms with van der Waals surface area (Å²) in [7, 11) is 1.76. The van der Waals surface area contributed by atoms with Crippen LogP contribution in [0.1, 0.15) is 5.69 Å². The third-order valence-electron chi connectivity index (χ3n) is 5.54. The van der Waals surface area contributed by atoms with Crippen LogP contribution in [-0.2, 0) is 18.4 Å². The highest BCUT2D eigenvalue weighted by Gasteiger charge is 2.20. The highest BCUT2D eigenvalue weighted by molar-refractivity contribution is 5.92. The standard InChI is InChI=1S/C23H20N4O5/c1-14-10-17-21(25(14)2)22(29)27(16-6-4-3-5-7-16)23(30)26(17)12-20(28)24-15-8-9-18-19(11-15)32-13-31-18/h3-11H,12-13H2,1-2H3,(H,24,28). The number of amides is 1. The Kier molecular flexibility index (Phi) is 4.58. The molecule has 0 atom stereocenters. The van der Waals surface area contributed by atoms with Crippen molar-refractivity contribution in [3.8, 4) is 17.2 Å². The fraction of sp³-hybridized carbons (Fsp3) is 0.174. The van der Waals surface area contributed by atoms with E-state index in [2.05, 4.69) is 5.32 Å². The molecule has 1 amide bonds. The Balaban J connectivity index is 1.59. The van der Waals surface area contributed by atoms with Crippen LogP contribution < -0.4 is 26.0 Å². The van der Waals surface area contributed by atoms with Gasteiger partial charge in [-0.15, -0.1) is 0 Å². The van der Waals surface area contributed by atoms with Gasteiger partial charge in [0.05, 0.1) is 11.2 Å². The van der Waals surface area contributed by atoms with Crippen molar-refractivity contribution >= 4 is 22.6 Å². The molecule has 1 aliphatic rings. The number of rotatable bonds is 4. The van der Waals surface area contributed by atoms with E-state index in [1.54, 1.807) is 66.2 Å². The van der Waals surface area contributed by atoms with Crippen LogP contribution in [0.4, 0.5) is 5.69 Å². The number of hydrogen-bond donors (Lipinski definition) is 1. The molecule has 9 heteroatoms. The number of nitrogens with one attached hydrogen (secondary N) is 1. The highest BCUT2D eigenvalue weighted by Crippen LogP contribution is 2.34. The van der Waals surface area contributed by atoms with Gasteiger partial charge in [-0.1, -0.05) is 18.2 Å². The lowest BCUT2D eigenvalue weighted by atomic mass is 10.2. The molecule has 1 aliphatic heterocycles. The summed E-state index contributed by atoms with van der Waals surface area (Å²) in [4.78, 5) is 39.5. The molecule has 162 valence electrons. The number of hydrogen-bond acceptors (Lipinski definition) is 5. The van der Waals surface area contributed by atoms with E-state index in [-0.39, 0.29) is 13.3 Å². The van der Waals surface area contributed by atoms with Crippen molar-refractivity contribution in [2.45, 2.75) is 13.5 Å². The van der Waals surface area contributed by atoms with Gasteiger partial charge in [0.2, 0.25) is 12.7 Å². The van der Waals surface area contributed by atoms with E-state index in [4.69, 9.17) is 9.47 Å². The maximum absolute atomic E-state index is 13.4. The average molecular weight is 432 g/mol. The first kappa shape index (κ1) is 19.7. The minimum absolute atomic E-state index is 0.133. The molecule has 3 heterocycles. The van der Waals surface area contributed by atoms with Crippen molar-refractivity contribution in [2.75, 3.05) is 12.1 Å². The first-order valence-corrected chi connectivity index (χ1v) is 10.0. The van der Waals surface area contributed by atoms with Crippen molar-refractivity contribution in [2.24, 2.45) is 7.05 Å². The van der Waals surface area contributed by atoms with E-state index >= 15 is 0 Å². The summed E-state index contributed by atoms with van der Waals surface area (Å²) in [5, 5.41) is 2.78. The molecule has 2 aromatic carbocycles. The molecule has 0 aliphatic carbocycles. The predicted molar refractivity (Wildman–Crippen MR) is 119 cm³/mol. The molecular weight excluding hydrogens is 412 g/mol. The van der Waals surface area contributed by atoms with Crippen molar-refractivity contribution < 1.29 is 14.3 Å². The summed E-state index contributed by atoms with van der Waals surface area (Å²) in [5.41, 5.74) is 1.50. The maximum Gasteiger partial charge on any atom is 0.336 e. The van der Waals surface area contributed by atoms with Gasteiger partial charge in [-0.3, -0.25) is 14.2 Å². The lowest BCUT2D eigenvalue weighted by molar-refractivity contribution is -0.116. The van der Waals surface area contributed by atoms with Gasteiger partial charge in [-0.2, -0.15) is 0 Å². The fourth-order valence-corrected chi connectivity index (χ4v) is 3.86. The van der Waals surface area contributed by atoms with Gasteiger partial charge in [-0.25, -0.2) is 9.36 Å². The van der Waals surface area contributed by atoms with Crippen LogP contribution >= 0.6 is 0 Å². The van der Waals surface area contributed by atoms with Crippen LogP contribution in [0.2, 0.25) is 0 Å². The normalized spacial score (nSPS) is 12.3. The zero-order valence-electron chi connectivity index (χ0n) is 17.5. The molecule has 0 spiro atoms. The van der Waals surface area contributed by atoms with Gasteiger partial charge in [0.25, 0.3) is 5.56 Å². The molecule has 9 nitrogen and oxygen atoms in total. The number of fused-ring (bicyclic) bond motifs is 2. The summed E-state index contributed by atoms with van der Waals surface area (Å²) in [6.07, 6.45) is 0. The van der Waals surface area contributed by atoms with Crippen LogP contribution in [0.25, 0.3) is 16.7 Å². The molecule has 4 aromatic rings. The smallest absolute Gasteiger partial charge is 0.336 e. The highest BCUT2D eigenvalue weighted by atomic mass is 16.7. The Morgan fingerprint density at radius 1 is 1.03 bits per heavy atom. The fourth-order valence-electron chi connectivity index (χ4n) is 3.86. The van der Waals surface area contributed by atoms with Gasteiger partial charge >= 0.3 is 5.69 Å². The van der Waals surface area contributed by atoms with Crippen molar-refractivity contribution in [3.63, 3.8) is 0 Å². The lowest BCUT2D eigenvalue weighted by Gasteiger charge is -2.13. The van der Waals surface area contributed by atoms with Gasteiger partial charge < -0.3 is 19.4 Å². The first-order chi connectivity index (χ1) is 15.4. The molecule has 0 fully saturated rings. The number of nitrogens with zero attached hydrogens (tertiary/aromatic N) is 3. The van der Waals surface area contributed by atoms with E-state index < -0.39 is 17.2 Å². The van der Waals surface area contributed by atoms with E-state index in [9.17, 15) is 14.4 Å². The number of carbonyl (C=O) groups is 1. The van der Waals surface area contributed by atoms with Crippen LogP contribution in [0.5, 0.6) is 11.5 Å². The second-order valence-electron chi connectivity index (χ2n) is 7.54. The second-order valence-corrected chi connectivity index (χ2v) is 7.54. The van der Waals surface area contributed by atoms with E-state index in [0.29, 0.717) is 33.9 Å². The SMILES string of the molecule is Cc1cc2c(c(=O)n(-c3ccccc3)c(=O)n2CC(=O)Nc2ccc3c(c2)OCO3)n1C. The Hall–Kier alpha value is -4.27. The van der Waals surface area contributed by atoms with Crippen molar-refractivity contribution in [1.82, 2.24) is 13.7 Å². The van der Waals surface area contributed by atoms with E-state index in [0.717, 1.165) is 10.3 Å². The van der Waals surface area contributed by atoms with Crippen LogP contribution in [0.15, 0.2) is 64.2 Å². The minimum atomic E-state index is -0.583. The Labute approximate surface area is 182 Å². The summed E-state index contributed by atoms with van der Waals surface area (Å²) in [5.74, 6) is 0.737. The quantitative estimate of drug-likeness (QED) is 0.533. The molecule has 0 saturated heterocycles. The zero-order chi connectivity index (χ0) is 22.4. The Morgan fingerprint density at radius 3 is 2.56 bits per heavy atom. The van der Waals surface area contributed by atoms with Gasteiger partial charge in [-0.05, 0) is 37.3 Å². The molecule has 1 N–H and O–H groups in total. The molecule has 32 heavy (non-hydrogen) atoms. The Bertz CT molecular complexity index is 1480. The number of ether oxygens (including phenoxy) is 2. The number of aryl methyl sites for hydroxylation is 2. The summed E-state index contributed by atoms with van der Waals surface area (Å²) >= 11 is 0. The van der Waals surface area contributed by atoms with Crippen LogP contribution in [-0.4, -0.2) is 26.4 Å². The second kappa shape index (κ2) is 7.45. The van der Waals surface area contributed by atoms with E-state index in [1.807, 2.05) is 6.92 Å². The molecular formula is C23H20N4O5. The number of benzene rings is 2. The van der Waals surface area contributed by atoms with E-state index in [1.165, 1.54) is 4.57 Å². The maximum atomic E-state index is 13.4. The molecule has 0 bridgehead atoms. The molecule has 0 radical (unpaired) electrons. The Morgan fingerprint density at radius 2 is 1.78 bits per heavy atom. The first-order valence-electron chi connectivity index (χ1n) is 10.0. The zero-order valence-corrected chi connectivity index (χ0v) is 17.5. The van der Waals surface area contributed by atoms with Gasteiger partial charge in [0.1, 0.15) is 12.1 Å². The third-order valence-corrected chi connectivity index (χ3v) is 5.54. The monoisotopic (exact) mass is 432 g/mol. The number of para-hydroxylation sites is 1. The molecule has 5 rings (SSSR count). The van der Waals surface area contributed by atoms with Gasteiger partial charge in [0.15, 0.2) is 11.5 Å². The number of aromatic nitrogens is 3. The van der Waals surface area contributed by atoms with Crippen LogP contribution in [0.3, 0.4) is 0 Å². The van der Waals surface area contributed by atoms with Gasteiger partial charge in [0, 0.05) is 24.5 Å². The lowest BCUT2D eigenvalue weighted by Crippen LogP contribution is -2.41. The summed E-state index contributed by atoms with van der Waals surface area (Å²) < 4.78 is 14.8. The van der Waals surface area contributed by atoms with Crippen molar-refractivity contribution in [3.05, 3.63) is 81.1 Å². The molecule has 2 aromatic heterocycles. The van der Waals surface area contributed by atoms with Crippen molar-refractivity contribution in [1.29, 1.82) is 0 Å². The predicted octanol–water partition coefficient (Wildman–Crippen LogP) is 2.17. The largest absolute Gasteiger partial charge is 0.454 e. The third kappa shape index (κ3) is 3.15. The molecule has 0 unspecified atom stereocenters. The average Bonchev–Trinajstić information content (AvgIpc) is 3.36. The summed E-state index contributed by atoms with van der Waals surface area (Å²) in [6, 6.07) is 15.5. The topological polar surface area (TPSA) is 96.5 Å². The molecule has 0 saturated carbocycles. The number of carbonyl (C=O) groups excluding carboxylic acids is 1. The summed E-state index contributed by atoms with van der Waals surface area (Å²) in [6.45, 7) is 1.71. The number of anilines is 1. The van der Waals surface area contributed by atoms with Crippen LogP contribution in [0, 0.1) is 6.92 Å².